The van der Waals surface area contributed by atoms with Gasteiger partial charge >= 0.3 is 0 Å². The molecule has 0 spiro atoms. The average molecular weight is 325 g/mol. The van der Waals surface area contributed by atoms with E-state index in [0.717, 1.165) is 17.0 Å². The molecule has 23 heavy (non-hydrogen) atoms. The molecule has 1 amide bonds. The predicted octanol–water partition coefficient (Wildman–Crippen LogP) is 2.78. The number of amides is 1. The number of benzene rings is 1. The molecule has 5 nitrogen and oxygen atoms in total. The van der Waals surface area contributed by atoms with Crippen molar-refractivity contribution in [2.75, 3.05) is 23.8 Å². The van der Waals surface area contributed by atoms with Crippen molar-refractivity contribution in [3.63, 3.8) is 0 Å². The van der Waals surface area contributed by atoms with E-state index in [4.69, 9.17) is 10.00 Å². The largest absolute Gasteiger partial charge is 0.490 e. The van der Waals surface area contributed by atoms with Crippen LogP contribution >= 0.6 is 11.8 Å². The predicted molar refractivity (Wildman–Crippen MR) is 88.7 cm³/mol. The summed E-state index contributed by atoms with van der Waals surface area (Å²) in [5.41, 5.74) is 2.38. The molecule has 0 fully saturated rings. The number of aromatic nitrogens is 1. The summed E-state index contributed by atoms with van der Waals surface area (Å²) in [6.45, 7) is 3.00. The van der Waals surface area contributed by atoms with Gasteiger partial charge in [0.15, 0.2) is 0 Å². The maximum atomic E-state index is 12.6. The highest BCUT2D eigenvalue weighted by atomic mass is 32.2. The van der Waals surface area contributed by atoms with Crippen molar-refractivity contribution in [1.82, 2.24) is 4.98 Å². The minimum atomic E-state index is -0.0142. The Kier molecular flexibility index (Phi) is 4.49. The Morgan fingerprint density at radius 3 is 3.17 bits per heavy atom. The van der Waals surface area contributed by atoms with Gasteiger partial charge in [-0.3, -0.25) is 4.79 Å². The number of pyridine rings is 1. The maximum absolute atomic E-state index is 12.6. The van der Waals surface area contributed by atoms with Gasteiger partial charge in [0.05, 0.1) is 23.5 Å². The van der Waals surface area contributed by atoms with E-state index in [9.17, 15) is 4.79 Å². The van der Waals surface area contributed by atoms with E-state index in [1.54, 1.807) is 23.2 Å². The molecule has 1 aromatic heterocycles. The second-order valence-corrected chi connectivity index (χ2v) is 6.09. The van der Waals surface area contributed by atoms with Gasteiger partial charge in [0, 0.05) is 6.20 Å². The van der Waals surface area contributed by atoms with Crippen LogP contribution in [-0.4, -0.2) is 29.8 Å². The molecular formula is C17H15N3O2S. The van der Waals surface area contributed by atoms with Gasteiger partial charge in [-0.1, -0.05) is 17.8 Å². The Balaban J connectivity index is 1.75. The van der Waals surface area contributed by atoms with Crippen molar-refractivity contribution in [3.8, 4) is 11.8 Å². The van der Waals surface area contributed by atoms with E-state index in [1.165, 1.54) is 11.8 Å². The number of carbonyl (C=O) groups is 1. The number of anilines is 1. The normalized spacial score (nSPS) is 13.0. The highest BCUT2D eigenvalue weighted by Gasteiger charge is 2.24. The standard InChI is InChI=1S/C17H15N3O2S/c1-12-4-5-15-14(9-12)20(7-8-22-15)16(21)11-23-17-13(10-18)3-2-6-19-17/h2-6,9H,7-8,11H2,1H3. The first-order valence-electron chi connectivity index (χ1n) is 7.21. The number of rotatable bonds is 3. The lowest BCUT2D eigenvalue weighted by atomic mass is 10.1. The summed E-state index contributed by atoms with van der Waals surface area (Å²) in [7, 11) is 0. The molecule has 0 saturated heterocycles. The Bertz CT molecular complexity index is 786. The number of nitriles is 1. The fourth-order valence-electron chi connectivity index (χ4n) is 2.39. The van der Waals surface area contributed by atoms with Crippen molar-refractivity contribution < 1.29 is 9.53 Å². The maximum Gasteiger partial charge on any atom is 0.237 e. The van der Waals surface area contributed by atoms with Gasteiger partial charge in [0.25, 0.3) is 0 Å². The number of nitrogens with zero attached hydrogens (tertiary/aromatic N) is 3. The number of fused-ring (bicyclic) bond motifs is 1. The topological polar surface area (TPSA) is 66.2 Å². The van der Waals surface area contributed by atoms with Gasteiger partial charge in [-0.2, -0.15) is 5.26 Å². The smallest absolute Gasteiger partial charge is 0.237 e. The molecule has 2 heterocycles. The van der Waals surface area contributed by atoms with Crippen molar-refractivity contribution in [2.45, 2.75) is 11.9 Å². The lowest BCUT2D eigenvalue weighted by molar-refractivity contribution is -0.116. The van der Waals surface area contributed by atoms with Crippen LogP contribution in [0.15, 0.2) is 41.6 Å². The molecule has 6 heteroatoms. The second kappa shape index (κ2) is 6.71. The third-order valence-electron chi connectivity index (χ3n) is 3.50. The summed E-state index contributed by atoms with van der Waals surface area (Å²) in [4.78, 5) is 18.5. The van der Waals surface area contributed by atoms with Crippen molar-refractivity contribution in [2.24, 2.45) is 0 Å². The lowest BCUT2D eigenvalue weighted by Crippen LogP contribution is -2.39. The molecule has 0 saturated carbocycles. The van der Waals surface area contributed by atoms with E-state index < -0.39 is 0 Å². The summed E-state index contributed by atoms with van der Waals surface area (Å²) in [6.07, 6.45) is 1.63. The van der Waals surface area contributed by atoms with Crippen LogP contribution in [-0.2, 0) is 4.79 Å². The van der Waals surface area contributed by atoms with E-state index in [1.807, 2.05) is 25.1 Å². The van der Waals surface area contributed by atoms with Crippen LogP contribution in [0.3, 0.4) is 0 Å². The van der Waals surface area contributed by atoms with E-state index >= 15 is 0 Å². The average Bonchev–Trinajstić information content (AvgIpc) is 2.59. The molecule has 0 N–H and O–H groups in total. The Morgan fingerprint density at radius 2 is 2.35 bits per heavy atom. The van der Waals surface area contributed by atoms with E-state index in [-0.39, 0.29) is 11.7 Å². The second-order valence-electron chi connectivity index (χ2n) is 5.12. The molecule has 1 aliphatic heterocycles. The lowest BCUT2D eigenvalue weighted by Gasteiger charge is -2.29. The number of ether oxygens (including phenoxy) is 1. The number of aryl methyl sites for hydroxylation is 1. The van der Waals surface area contributed by atoms with Crippen LogP contribution in [0.25, 0.3) is 0 Å². The first-order valence-corrected chi connectivity index (χ1v) is 8.19. The molecule has 116 valence electrons. The third-order valence-corrected chi connectivity index (χ3v) is 4.49. The Morgan fingerprint density at radius 1 is 1.48 bits per heavy atom. The molecule has 2 aromatic rings. The summed E-state index contributed by atoms with van der Waals surface area (Å²) in [5, 5.41) is 9.66. The van der Waals surface area contributed by atoms with Crippen LogP contribution in [0, 0.1) is 18.3 Å². The van der Waals surface area contributed by atoms with Gasteiger partial charge in [-0.25, -0.2) is 4.98 Å². The molecule has 0 bridgehead atoms. The Hall–Kier alpha value is -2.52. The summed E-state index contributed by atoms with van der Waals surface area (Å²) < 4.78 is 5.60. The molecule has 1 aliphatic rings. The first-order chi connectivity index (χ1) is 11.2. The van der Waals surface area contributed by atoms with Crippen LogP contribution in [0.5, 0.6) is 5.75 Å². The molecule has 1 aromatic carbocycles. The van der Waals surface area contributed by atoms with Crippen molar-refractivity contribution in [1.29, 1.82) is 5.26 Å². The summed E-state index contributed by atoms with van der Waals surface area (Å²) in [6, 6.07) is 11.3. The van der Waals surface area contributed by atoms with Crippen LogP contribution in [0.4, 0.5) is 5.69 Å². The summed E-state index contributed by atoms with van der Waals surface area (Å²) >= 11 is 1.29. The molecule has 0 aliphatic carbocycles. The minimum absolute atomic E-state index is 0.0142. The highest BCUT2D eigenvalue weighted by molar-refractivity contribution is 8.00. The fourth-order valence-corrected chi connectivity index (χ4v) is 3.21. The van der Waals surface area contributed by atoms with Crippen LogP contribution in [0.1, 0.15) is 11.1 Å². The SMILES string of the molecule is Cc1ccc2c(c1)N(C(=O)CSc1ncccc1C#N)CCO2. The number of hydrogen-bond donors (Lipinski definition) is 0. The fraction of sp³-hybridized carbons (Fsp3) is 0.235. The van der Waals surface area contributed by atoms with E-state index in [0.29, 0.717) is 23.7 Å². The Labute approximate surface area is 138 Å². The van der Waals surface area contributed by atoms with Crippen LogP contribution in [0.2, 0.25) is 0 Å². The number of carbonyl (C=O) groups excluding carboxylic acids is 1. The first kappa shape index (κ1) is 15.4. The zero-order valence-corrected chi connectivity index (χ0v) is 13.5. The molecule has 0 unspecified atom stereocenters. The summed E-state index contributed by atoms with van der Waals surface area (Å²) in [5.74, 6) is 0.953. The molecule has 0 atom stereocenters. The minimum Gasteiger partial charge on any atom is -0.490 e. The number of thioether (sulfide) groups is 1. The van der Waals surface area contributed by atoms with Gasteiger partial charge in [-0.15, -0.1) is 0 Å². The third kappa shape index (κ3) is 3.30. The van der Waals surface area contributed by atoms with Crippen molar-refractivity contribution in [3.05, 3.63) is 47.7 Å². The molecule has 0 radical (unpaired) electrons. The highest BCUT2D eigenvalue weighted by Crippen LogP contribution is 2.33. The van der Waals surface area contributed by atoms with Gasteiger partial charge < -0.3 is 9.64 Å². The van der Waals surface area contributed by atoms with Gasteiger partial charge in [-0.05, 0) is 36.8 Å². The quantitative estimate of drug-likeness (QED) is 0.812. The van der Waals surface area contributed by atoms with E-state index in [2.05, 4.69) is 11.1 Å². The van der Waals surface area contributed by atoms with Crippen LogP contribution < -0.4 is 9.64 Å². The van der Waals surface area contributed by atoms with Crippen molar-refractivity contribution >= 4 is 23.4 Å². The monoisotopic (exact) mass is 325 g/mol. The zero-order chi connectivity index (χ0) is 16.2. The van der Waals surface area contributed by atoms with Gasteiger partial charge in [0.1, 0.15) is 23.5 Å². The molecule has 3 rings (SSSR count). The molecular weight excluding hydrogens is 310 g/mol. The zero-order valence-electron chi connectivity index (χ0n) is 12.7. The van der Waals surface area contributed by atoms with Gasteiger partial charge in [0.2, 0.25) is 5.91 Å². The number of hydrogen-bond acceptors (Lipinski definition) is 5.